The summed E-state index contributed by atoms with van der Waals surface area (Å²) in [5.74, 6) is -7.50. The highest BCUT2D eigenvalue weighted by atomic mass is 16.3. The fourth-order valence-electron chi connectivity index (χ4n) is 5.19. The number of benzene rings is 1. The van der Waals surface area contributed by atoms with Gasteiger partial charge >= 0.3 is 0 Å². The third-order valence-corrected chi connectivity index (χ3v) is 6.77. The van der Waals surface area contributed by atoms with E-state index in [9.17, 15) is 34.8 Å². The Morgan fingerprint density at radius 2 is 1.71 bits per heavy atom. The molecule has 8 heteroatoms. The Kier molecular flexibility index (Phi) is 5.48. The number of hydrogen-bond donors (Lipinski definition) is 5. The Bertz CT molecular complexity index is 1050. The van der Waals surface area contributed by atoms with E-state index in [2.05, 4.69) is 0 Å². The van der Waals surface area contributed by atoms with E-state index in [0.29, 0.717) is 5.56 Å². The highest BCUT2D eigenvalue weighted by molar-refractivity contribution is 6.23. The van der Waals surface area contributed by atoms with Gasteiger partial charge in [0.05, 0.1) is 5.56 Å². The first kappa shape index (κ1) is 22.6. The number of amides is 1. The van der Waals surface area contributed by atoms with E-state index in [1.165, 1.54) is 13.0 Å². The molecule has 3 aliphatic rings. The minimum Gasteiger partial charge on any atom is -0.508 e. The number of phenolic OH excluding ortho intramolecular Hbond substituents is 1. The summed E-state index contributed by atoms with van der Waals surface area (Å²) in [4.78, 5) is 37.7. The van der Waals surface area contributed by atoms with Gasteiger partial charge < -0.3 is 26.2 Å². The van der Waals surface area contributed by atoms with Crippen LogP contribution in [0, 0.1) is 17.8 Å². The minimum atomic E-state index is -2.56. The quantitative estimate of drug-likeness (QED) is 0.428. The van der Waals surface area contributed by atoms with Crippen molar-refractivity contribution in [3.63, 3.8) is 0 Å². The zero-order valence-corrected chi connectivity index (χ0v) is 17.8. The van der Waals surface area contributed by atoms with Gasteiger partial charge in [0.2, 0.25) is 5.78 Å². The van der Waals surface area contributed by atoms with E-state index in [0.717, 1.165) is 0 Å². The molecule has 0 aliphatic heterocycles. The number of hydrogen-bond acceptors (Lipinski definition) is 7. The normalized spacial score (nSPS) is 31.9. The van der Waals surface area contributed by atoms with Crippen molar-refractivity contribution in [2.45, 2.75) is 45.6 Å². The molecule has 4 rings (SSSR count). The topological polar surface area (TPSA) is 158 Å². The van der Waals surface area contributed by atoms with Crippen molar-refractivity contribution >= 4 is 23.2 Å². The molecule has 1 saturated carbocycles. The maximum Gasteiger partial charge on any atom is 0.255 e. The molecule has 8 nitrogen and oxygen atoms in total. The van der Waals surface area contributed by atoms with Crippen LogP contribution in [0.3, 0.4) is 0 Å². The average Bonchev–Trinajstić information content (AvgIpc) is 2.73. The molecular formula is C23H27NO7. The molecule has 0 aromatic heterocycles. The van der Waals surface area contributed by atoms with Crippen LogP contribution in [0.15, 0.2) is 35.1 Å². The standard InChI is InChI=1S/C21H21NO7.C2H6/c1-7-9-4-3-5-12(23)13(9)17(25)14-10(7)6-11-8(2)16(24)15(20(22)28)19(27)21(11,29)18(14)26;1-2/h3-5,7-8,10-11,23,25,27,29H,6H2,1-2H3,(H2,22,28);1-2H3/t7-,8+,10-,11+,21+;/m1./s1. The number of rotatable bonds is 1. The number of fused-ring (bicyclic) bond motifs is 3. The zero-order valence-electron chi connectivity index (χ0n) is 17.8. The van der Waals surface area contributed by atoms with Crippen LogP contribution >= 0.6 is 0 Å². The molecule has 0 saturated heterocycles. The maximum absolute atomic E-state index is 13.4. The van der Waals surface area contributed by atoms with Gasteiger partial charge in [0.25, 0.3) is 5.91 Å². The van der Waals surface area contributed by atoms with E-state index in [-0.39, 0.29) is 29.2 Å². The molecule has 166 valence electrons. The second-order valence-corrected chi connectivity index (χ2v) is 8.08. The summed E-state index contributed by atoms with van der Waals surface area (Å²) in [5.41, 5.74) is 2.45. The van der Waals surface area contributed by atoms with Crippen molar-refractivity contribution in [2.75, 3.05) is 0 Å². The van der Waals surface area contributed by atoms with Crippen molar-refractivity contribution < 1.29 is 34.8 Å². The SMILES string of the molecule is CC.C[C@@H]1C(=O)C(C(N)=O)=C(O)[C@@]2(O)C(=O)C3=C(O)c4c(O)cccc4[C@@H](C)[C@H]3C[C@@H]12. The summed E-state index contributed by atoms with van der Waals surface area (Å²) < 4.78 is 0. The number of aliphatic hydroxyl groups excluding tert-OH is 2. The number of nitrogens with two attached hydrogens (primary N) is 1. The van der Waals surface area contributed by atoms with Gasteiger partial charge in [0.15, 0.2) is 11.4 Å². The van der Waals surface area contributed by atoms with Gasteiger partial charge in [0, 0.05) is 17.4 Å². The van der Waals surface area contributed by atoms with Gasteiger partial charge in [-0.3, -0.25) is 14.4 Å². The Hall–Kier alpha value is -3.13. The van der Waals surface area contributed by atoms with Gasteiger partial charge in [-0.05, 0) is 29.9 Å². The summed E-state index contributed by atoms with van der Waals surface area (Å²) in [7, 11) is 0. The van der Waals surface area contributed by atoms with E-state index >= 15 is 0 Å². The molecule has 31 heavy (non-hydrogen) atoms. The monoisotopic (exact) mass is 429 g/mol. The number of ketones is 2. The van der Waals surface area contributed by atoms with Crippen LogP contribution in [0.25, 0.3) is 5.76 Å². The first-order chi connectivity index (χ1) is 14.5. The molecule has 6 N–H and O–H groups in total. The molecular weight excluding hydrogens is 402 g/mol. The highest BCUT2D eigenvalue weighted by Gasteiger charge is 2.63. The third-order valence-electron chi connectivity index (χ3n) is 6.77. The Morgan fingerprint density at radius 3 is 2.29 bits per heavy atom. The molecule has 0 radical (unpaired) electrons. The lowest BCUT2D eigenvalue weighted by atomic mass is 9.54. The fourth-order valence-corrected chi connectivity index (χ4v) is 5.19. The largest absolute Gasteiger partial charge is 0.508 e. The fraction of sp³-hybridized carbons (Fsp3) is 0.435. The van der Waals surface area contributed by atoms with Crippen molar-refractivity contribution in [3.05, 3.63) is 46.2 Å². The second kappa shape index (κ2) is 7.53. The maximum atomic E-state index is 13.4. The van der Waals surface area contributed by atoms with E-state index in [1.54, 1.807) is 12.1 Å². The Morgan fingerprint density at radius 1 is 1.10 bits per heavy atom. The van der Waals surface area contributed by atoms with Crippen LogP contribution in [-0.4, -0.2) is 43.5 Å². The minimum absolute atomic E-state index is 0.0974. The van der Waals surface area contributed by atoms with Crippen molar-refractivity contribution in [2.24, 2.45) is 23.5 Å². The summed E-state index contributed by atoms with van der Waals surface area (Å²) >= 11 is 0. The van der Waals surface area contributed by atoms with Crippen LogP contribution in [0.5, 0.6) is 5.75 Å². The van der Waals surface area contributed by atoms with Gasteiger partial charge in [0.1, 0.15) is 22.8 Å². The third kappa shape index (κ3) is 2.81. The first-order valence-electron chi connectivity index (χ1n) is 10.3. The number of phenols is 1. The zero-order chi connectivity index (χ0) is 23.4. The second-order valence-electron chi connectivity index (χ2n) is 8.08. The lowest BCUT2D eigenvalue weighted by molar-refractivity contribution is -0.152. The molecule has 0 bridgehead atoms. The Balaban J connectivity index is 0.00000132. The van der Waals surface area contributed by atoms with E-state index < -0.39 is 57.9 Å². The number of Topliss-reactive ketones (excluding diaryl/α,β-unsaturated/α-hetero) is 2. The molecule has 0 heterocycles. The van der Waals surface area contributed by atoms with Crippen LogP contribution in [0.4, 0.5) is 0 Å². The molecule has 1 fully saturated rings. The lowest BCUT2D eigenvalue weighted by Crippen LogP contribution is -2.61. The molecule has 0 spiro atoms. The number of carbonyl (C=O) groups is 3. The number of carbonyl (C=O) groups excluding carboxylic acids is 3. The van der Waals surface area contributed by atoms with Crippen LogP contribution in [0.1, 0.15) is 51.2 Å². The molecule has 3 aliphatic carbocycles. The number of aromatic hydroxyl groups is 1. The molecule has 1 aromatic carbocycles. The van der Waals surface area contributed by atoms with Crippen molar-refractivity contribution in [1.82, 2.24) is 0 Å². The van der Waals surface area contributed by atoms with Gasteiger partial charge in [-0.15, -0.1) is 0 Å². The summed E-state index contributed by atoms with van der Waals surface area (Å²) in [6.45, 7) is 7.30. The van der Waals surface area contributed by atoms with Crippen molar-refractivity contribution in [1.29, 1.82) is 0 Å². The smallest absolute Gasteiger partial charge is 0.255 e. The molecule has 0 unspecified atom stereocenters. The Labute approximate surface area is 179 Å². The number of primary amides is 1. The average molecular weight is 429 g/mol. The van der Waals surface area contributed by atoms with E-state index in [4.69, 9.17) is 5.73 Å². The summed E-state index contributed by atoms with van der Waals surface area (Å²) in [5, 5.41) is 42.9. The van der Waals surface area contributed by atoms with Crippen LogP contribution in [0.2, 0.25) is 0 Å². The van der Waals surface area contributed by atoms with Gasteiger partial charge in [-0.25, -0.2) is 0 Å². The van der Waals surface area contributed by atoms with E-state index in [1.807, 2.05) is 20.8 Å². The predicted molar refractivity (Wildman–Crippen MR) is 112 cm³/mol. The van der Waals surface area contributed by atoms with Crippen molar-refractivity contribution in [3.8, 4) is 5.75 Å². The van der Waals surface area contributed by atoms with Gasteiger partial charge in [-0.1, -0.05) is 39.8 Å². The molecule has 1 amide bonds. The molecule has 5 atom stereocenters. The van der Waals surface area contributed by atoms with Crippen LogP contribution < -0.4 is 5.73 Å². The number of aliphatic hydroxyl groups is 3. The predicted octanol–water partition coefficient (Wildman–Crippen LogP) is 2.26. The lowest BCUT2D eigenvalue weighted by Gasteiger charge is -2.49. The summed E-state index contributed by atoms with van der Waals surface area (Å²) in [6.07, 6.45) is 0.112. The highest BCUT2D eigenvalue weighted by Crippen LogP contribution is 2.56. The molecule has 1 aromatic rings. The first-order valence-corrected chi connectivity index (χ1v) is 10.3. The van der Waals surface area contributed by atoms with Gasteiger partial charge in [-0.2, -0.15) is 0 Å². The van der Waals surface area contributed by atoms with Crippen LogP contribution in [-0.2, 0) is 14.4 Å². The summed E-state index contributed by atoms with van der Waals surface area (Å²) in [6, 6.07) is 4.73.